The van der Waals surface area contributed by atoms with Crippen LogP contribution in [0.4, 0.5) is 16.2 Å². The number of carbonyl (C=O) groups excluding carboxylic acids is 4. The molecule has 2 aliphatic heterocycles. The van der Waals surface area contributed by atoms with Crippen LogP contribution in [0.15, 0.2) is 53.4 Å². The quantitative estimate of drug-likeness (QED) is 0.496. The third-order valence-electron chi connectivity index (χ3n) is 5.33. The molecule has 0 radical (unpaired) electrons. The topological polar surface area (TPSA) is 105 Å². The van der Waals surface area contributed by atoms with Crippen molar-refractivity contribution in [3.05, 3.63) is 64.6 Å². The molecule has 1 N–H and O–H groups in total. The zero-order valence-corrected chi connectivity index (χ0v) is 19.3. The zero-order chi connectivity index (χ0) is 24.1. The second-order valence-corrected chi connectivity index (χ2v) is 8.57. The van der Waals surface area contributed by atoms with Crippen LogP contribution >= 0.6 is 11.8 Å². The highest BCUT2D eigenvalue weighted by molar-refractivity contribution is 8.18. The van der Waals surface area contributed by atoms with Crippen LogP contribution in [0.2, 0.25) is 0 Å². The molecule has 0 saturated carbocycles. The zero-order valence-electron chi connectivity index (χ0n) is 18.5. The highest BCUT2D eigenvalue weighted by atomic mass is 32.2. The van der Waals surface area contributed by atoms with E-state index in [1.54, 1.807) is 42.5 Å². The summed E-state index contributed by atoms with van der Waals surface area (Å²) in [6, 6.07) is 13.8. The molecule has 0 atom stereocenters. The van der Waals surface area contributed by atoms with Crippen molar-refractivity contribution in [3.8, 4) is 0 Å². The minimum atomic E-state index is -0.537. The van der Waals surface area contributed by atoms with Gasteiger partial charge in [0, 0.05) is 24.5 Å². The summed E-state index contributed by atoms with van der Waals surface area (Å²) < 4.78 is 10.0. The SMILES string of the molecule is COC(=O)c1ccc(/C=C2/SC(=O)N(CC(=O)Nc3ccc(N4CCOCC4)cc3)C2=O)cc1. The summed E-state index contributed by atoms with van der Waals surface area (Å²) in [5.74, 6) is -1.47. The molecule has 2 fully saturated rings. The number of ether oxygens (including phenoxy) is 2. The number of methoxy groups -OCH3 is 1. The fourth-order valence-corrected chi connectivity index (χ4v) is 4.38. The molecule has 0 aromatic heterocycles. The summed E-state index contributed by atoms with van der Waals surface area (Å²) in [7, 11) is 1.29. The van der Waals surface area contributed by atoms with Gasteiger partial charge in [-0.15, -0.1) is 0 Å². The van der Waals surface area contributed by atoms with Crippen LogP contribution in [-0.4, -0.2) is 67.9 Å². The smallest absolute Gasteiger partial charge is 0.337 e. The summed E-state index contributed by atoms with van der Waals surface area (Å²) in [6.45, 7) is 2.61. The second-order valence-electron chi connectivity index (χ2n) is 7.58. The molecule has 0 unspecified atom stereocenters. The number of nitrogens with one attached hydrogen (secondary N) is 1. The lowest BCUT2D eigenvalue weighted by Gasteiger charge is -2.28. The standard InChI is InChI=1S/C24H23N3O6S/c1-32-23(30)17-4-2-16(3-5-17)14-20-22(29)27(24(31)34-20)15-21(28)25-18-6-8-19(9-7-18)26-10-12-33-13-11-26/h2-9,14H,10-13,15H2,1H3,(H,25,28)/b20-14+. The molecule has 2 heterocycles. The summed E-state index contributed by atoms with van der Waals surface area (Å²) in [5.41, 5.74) is 2.64. The van der Waals surface area contributed by atoms with Crippen molar-refractivity contribution in [3.63, 3.8) is 0 Å². The van der Waals surface area contributed by atoms with Crippen LogP contribution in [0.1, 0.15) is 15.9 Å². The van der Waals surface area contributed by atoms with Crippen LogP contribution in [0.3, 0.4) is 0 Å². The van der Waals surface area contributed by atoms with E-state index in [1.807, 2.05) is 12.1 Å². The summed E-state index contributed by atoms with van der Waals surface area (Å²) in [6.07, 6.45) is 1.55. The highest BCUT2D eigenvalue weighted by Gasteiger charge is 2.36. The molecule has 2 aromatic rings. The van der Waals surface area contributed by atoms with Gasteiger partial charge in [-0.2, -0.15) is 0 Å². The van der Waals surface area contributed by atoms with Crippen molar-refractivity contribution in [2.24, 2.45) is 0 Å². The number of anilines is 2. The predicted octanol–water partition coefficient (Wildman–Crippen LogP) is 2.98. The molecular formula is C24H23N3O6S. The molecule has 2 saturated heterocycles. The van der Waals surface area contributed by atoms with Gasteiger partial charge < -0.3 is 19.7 Å². The minimum Gasteiger partial charge on any atom is -0.465 e. The van der Waals surface area contributed by atoms with Gasteiger partial charge >= 0.3 is 5.97 Å². The molecule has 2 aliphatic rings. The van der Waals surface area contributed by atoms with Gasteiger partial charge in [-0.3, -0.25) is 19.3 Å². The van der Waals surface area contributed by atoms with Gasteiger partial charge in [0.25, 0.3) is 11.1 Å². The predicted molar refractivity (Wildman–Crippen MR) is 129 cm³/mol. The lowest BCUT2D eigenvalue weighted by molar-refractivity contribution is -0.127. The van der Waals surface area contributed by atoms with Crippen LogP contribution in [0, 0.1) is 0 Å². The number of amides is 3. The minimum absolute atomic E-state index is 0.207. The Morgan fingerprint density at radius 3 is 2.38 bits per heavy atom. The molecule has 0 bridgehead atoms. The van der Waals surface area contributed by atoms with Gasteiger partial charge in [-0.25, -0.2) is 4.79 Å². The summed E-state index contributed by atoms with van der Waals surface area (Å²) in [4.78, 5) is 52.4. The van der Waals surface area contributed by atoms with Gasteiger partial charge in [-0.1, -0.05) is 12.1 Å². The van der Waals surface area contributed by atoms with E-state index in [2.05, 4.69) is 15.0 Å². The molecular weight excluding hydrogens is 458 g/mol. The van der Waals surface area contributed by atoms with Crippen molar-refractivity contribution >= 4 is 52.2 Å². The first-order valence-corrected chi connectivity index (χ1v) is 11.4. The fourth-order valence-electron chi connectivity index (χ4n) is 3.54. The Morgan fingerprint density at radius 2 is 1.74 bits per heavy atom. The normalized spacial score (nSPS) is 17.3. The number of esters is 1. The van der Waals surface area contributed by atoms with Crippen LogP contribution in [-0.2, 0) is 19.1 Å². The first kappa shape index (κ1) is 23.5. The monoisotopic (exact) mass is 481 g/mol. The van der Waals surface area contributed by atoms with E-state index in [1.165, 1.54) is 7.11 Å². The Bertz CT molecular complexity index is 1120. The van der Waals surface area contributed by atoms with Crippen molar-refractivity contribution < 1.29 is 28.7 Å². The maximum atomic E-state index is 12.7. The molecule has 176 valence electrons. The maximum Gasteiger partial charge on any atom is 0.337 e. The van der Waals surface area contributed by atoms with Gasteiger partial charge in [-0.05, 0) is 59.8 Å². The van der Waals surface area contributed by atoms with E-state index in [4.69, 9.17) is 4.74 Å². The number of thioether (sulfide) groups is 1. The third-order valence-corrected chi connectivity index (χ3v) is 6.24. The first-order chi connectivity index (χ1) is 16.4. The second kappa shape index (κ2) is 10.5. The molecule has 9 nitrogen and oxygen atoms in total. The van der Waals surface area contributed by atoms with Crippen LogP contribution in [0.5, 0.6) is 0 Å². The summed E-state index contributed by atoms with van der Waals surface area (Å²) in [5, 5.41) is 2.21. The maximum absolute atomic E-state index is 12.7. The van der Waals surface area contributed by atoms with E-state index in [-0.39, 0.29) is 11.4 Å². The molecule has 4 rings (SSSR count). The molecule has 10 heteroatoms. The third kappa shape index (κ3) is 5.46. The average molecular weight is 482 g/mol. The Hall–Kier alpha value is -3.63. The Kier molecular flexibility index (Phi) is 7.29. The van der Waals surface area contributed by atoms with Crippen LogP contribution < -0.4 is 10.2 Å². The van der Waals surface area contributed by atoms with Gasteiger partial charge in [0.05, 0.1) is 30.8 Å². The average Bonchev–Trinajstić information content (AvgIpc) is 3.12. The lowest BCUT2D eigenvalue weighted by atomic mass is 10.1. The Labute approximate surface area is 200 Å². The van der Waals surface area contributed by atoms with Crippen molar-refractivity contribution in [2.45, 2.75) is 0 Å². The largest absolute Gasteiger partial charge is 0.465 e. The highest BCUT2D eigenvalue weighted by Crippen LogP contribution is 2.32. The van der Waals surface area contributed by atoms with E-state index < -0.39 is 23.0 Å². The number of benzene rings is 2. The molecule has 2 aromatic carbocycles. The van der Waals surface area contributed by atoms with Gasteiger partial charge in [0.1, 0.15) is 6.54 Å². The number of hydrogen-bond donors (Lipinski definition) is 1. The fraction of sp³-hybridized carbons (Fsp3) is 0.250. The summed E-state index contributed by atoms with van der Waals surface area (Å²) >= 11 is 0.769. The molecule has 0 spiro atoms. The van der Waals surface area contributed by atoms with Gasteiger partial charge in [0.2, 0.25) is 5.91 Å². The number of morpholine rings is 1. The van der Waals surface area contributed by atoms with Crippen molar-refractivity contribution in [2.75, 3.05) is 50.2 Å². The number of carbonyl (C=O) groups is 4. The number of nitrogens with zero attached hydrogens (tertiary/aromatic N) is 2. The van der Waals surface area contributed by atoms with Crippen molar-refractivity contribution in [1.29, 1.82) is 0 Å². The van der Waals surface area contributed by atoms with E-state index >= 15 is 0 Å². The lowest BCUT2D eigenvalue weighted by Crippen LogP contribution is -2.36. The van der Waals surface area contributed by atoms with Crippen molar-refractivity contribution in [1.82, 2.24) is 4.90 Å². The molecule has 3 amide bonds. The van der Waals surface area contributed by atoms with Crippen LogP contribution in [0.25, 0.3) is 6.08 Å². The number of imide groups is 1. The number of hydrogen-bond acceptors (Lipinski definition) is 8. The van der Waals surface area contributed by atoms with E-state index in [0.717, 1.165) is 35.4 Å². The number of rotatable bonds is 6. The molecule has 34 heavy (non-hydrogen) atoms. The van der Waals surface area contributed by atoms with E-state index in [9.17, 15) is 19.2 Å². The van der Waals surface area contributed by atoms with E-state index in [0.29, 0.717) is 30.0 Å². The molecule has 0 aliphatic carbocycles. The Balaban J connectivity index is 1.35. The Morgan fingerprint density at radius 1 is 1.06 bits per heavy atom. The first-order valence-electron chi connectivity index (χ1n) is 10.6. The van der Waals surface area contributed by atoms with Gasteiger partial charge in [0.15, 0.2) is 0 Å².